The first-order valence-corrected chi connectivity index (χ1v) is 8.47. The number of nitrogens with two attached hydrogens (primary N) is 1. The minimum absolute atomic E-state index is 0.0939. The maximum atomic E-state index is 12.0. The number of likely N-dealkylation sites (tertiary alicyclic amines) is 1. The van der Waals surface area contributed by atoms with Crippen LogP contribution in [0.25, 0.3) is 0 Å². The number of aromatic nitrogens is 2. The molecule has 20 heavy (non-hydrogen) atoms. The van der Waals surface area contributed by atoms with Gasteiger partial charge in [0, 0.05) is 12.2 Å². The Morgan fingerprint density at radius 1 is 1.55 bits per heavy atom. The van der Waals surface area contributed by atoms with Gasteiger partial charge in [-0.2, -0.15) is 13.5 Å². The first kappa shape index (κ1) is 15.3. The molecule has 1 aromatic heterocycles. The van der Waals surface area contributed by atoms with E-state index < -0.39 is 10.2 Å². The van der Waals surface area contributed by atoms with E-state index in [2.05, 4.69) is 12.1 Å². The molecule has 114 valence electrons. The lowest BCUT2D eigenvalue weighted by Crippen LogP contribution is -3.11. The van der Waals surface area contributed by atoms with E-state index >= 15 is 0 Å². The molecule has 1 saturated heterocycles. The number of rotatable bonds is 4. The highest BCUT2D eigenvalue weighted by Crippen LogP contribution is 2.22. The summed E-state index contributed by atoms with van der Waals surface area (Å²) in [6, 6.07) is 0.0919. The summed E-state index contributed by atoms with van der Waals surface area (Å²) < 4.78 is 27.0. The molecule has 0 aromatic carbocycles. The standard InChI is InChI=1S/C12H23N5O2S/c1-10(2)16-9-12(7-14-16)17(20(13,18)19)11-5-4-6-15(3)8-11/h7,9-11H,4-6,8H2,1-3H3,(H2,13,18,19)/p+1/t11-/m0/s1. The quantitative estimate of drug-likeness (QED) is 0.760. The average molecular weight is 302 g/mol. The summed E-state index contributed by atoms with van der Waals surface area (Å²) >= 11 is 0. The van der Waals surface area contributed by atoms with Crippen molar-refractivity contribution in [3.63, 3.8) is 0 Å². The third-order valence-electron chi connectivity index (χ3n) is 3.70. The van der Waals surface area contributed by atoms with Crippen molar-refractivity contribution < 1.29 is 13.3 Å². The van der Waals surface area contributed by atoms with Gasteiger partial charge in [0.2, 0.25) is 0 Å². The molecule has 1 fully saturated rings. The molecule has 0 bridgehead atoms. The molecule has 2 atom stereocenters. The first-order chi connectivity index (χ1) is 9.29. The number of hydrogen-bond acceptors (Lipinski definition) is 3. The van der Waals surface area contributed by atoms with E-state index in [0.717, 1.165) is 25.9 Å². The second-order valence-electron chi connectivity index (χ2n) is 5.82. The highest BCUT2D eigenvalue weighted by molar-refractivity contribution is 7.90. The Balaban J connectivity index is 2.32. The van der Waals surface area contributed by atoms with Gasteiger partial charge < -0.3 is 4.90 Å². The molecule has 2 rings (SSSR count). The number of nitrogens with one attached hydrogen (secondary N) is 1. The van der Waals surface area contributed by atoms with Crippen LogP contribution < -0.4 is 14.3 Å². The van der Waals surface area contributed by atoms with Crippen LogP contribution in [0, 0.1) is 0 Å². The smallest absolute Gasteiger partial charge is 0.299 e. The molecule has 0 radical (unpaired) electrons. The highest BCUT2D eigenvalue weighted by atomic mass is 32.2. The van der Waals surface area contributed by atoms with Crippen molar-refractivity contribution in [3.05, 3.63) is 12.4 Å². The van der Waals surface area contributed by atoms with Gasteiger partial charge in [0.05, 0.1) is 38.1 Å². The van der Waals surface area contributed by atoms with Gasteiger partial charge in [-0.05, 0) is 26.7 Å². The third-order valence-corrected chi connectivity index (χ3v) is 4.76. The largest absolute Gasteiger partial charge is 0.336 e. The summed E-state index contributed by atoms with van der Waals surface area (Å²) in [6.45, 7) is 5.83. The molecule has 1 aliphatic heterocycles. The number of anilines is 1. The van der Waals surface area contributed by atoms with Gasteiger partial charge in [0.25, 0.3) is 10.2 Å². The van der Waals surface area contributed by atoms with Crippen LogP contribution in [0.3, 0.4) is 0 Å². The number of likely N-dealkylation sites (N-methyl/N-ethyl adjacent to an activating group) is 1. The molecule has 1 aromatic rings. The van der Waals surface area contributed by atoms with Crippen molar-refractivity contribution in [2.24, 2.45) is 5.14 Å². The van der Waals surface area contributed by atoms with Crippen molar-refractivity contribution in [2.75, 3.05) is 24.4 Å². The van der Waals surface area contributed by atoms with Crippen molar-refractivity contribution in [1.29, 1.82) is 0 Å². The minimum Gasteiger partial charge on any atom is -0.336 e. The SMILES string of the molecule is CC(C)n1cc(N([C@H]2CCC[NH+](C)C2)S(N)(=O)=O)cn1. The molecule has 8 heteroatoms. The Hall–Kier alpha value is -1.12. The lowest BCUT2D eigenvalue weighted by molar-refractivity contribution is -0.885. The van der Waals surface area contributed by atoms with Gasteiger partial charge in [0.15, 0.2) is 0 Å². The highest BCUT2D eigenvalue weighted by Gasteiger charge is 2.33. The monoisotopic (exact) mass is 302 g/mol. The van der Waals surface area contributed by atoms with E-state index in [1.165, 1.54) is 9.21 Å². The Labute approximate surface area is 120 Å². The predicted octanol–water partition coefficient (Wildman–Crippen LogP) is -0.849. The van der Waals surface area contributed by atoms with Gasteiger partial charge >= 0.3 is 0 Å². The second kappa shape index (κ2) is 5.71. The van der Waals surface area contributed by atoms with Gasteiger partial charge in [-0.15, -0.1) is 0 Å². The van der Waals surface area contributed by atoms with Crippen molar-refractivity contribution in [3.8, 4) is 0 Å². The Kier molecular flexibility index (Phi) is 4.36. The minimum atomic E-state index is -3.79. The lowest BCUT2D eigenvalue weighted by Gasteiger charge is -2.34. The van der Waals surface area contributed by atoms with Crippen molar-refractivity contribution >= 4 is 15.9 Å². The van der Waals surface area contributed by atoms with E-state index in [0.29, 0.717) is 5.69 Å². The molecule has 2 heterocycles. The Morgan fingerprint density at radius 2 is 2.25 bits per heavy atom. The van der Waals surface area contributed by atoms with Crippen LogP contribution in [0.4, 0.5) is 5.69 Å². The molecule has 1 aliphatic rings. The molecule has 3 N–H and O–H groups in total. The maximum absolute atomic E-state index is 12.0. The van der Waals surface area contributed by atoms with Gasteiger partial charge in [-0.25, -0.2) is 9.44 Å². The third kappa shape index (κ3) is 3.31. The molecular weight excluding hydrogens is 278 g/mol. The second-order valence-corrected chi connectivity index (χ2v) is 7.24. The molecule has 1 unspecified atom stereocenters. The van der Waals surface area contributed by atoms with E-state index in [1.807, 2.05) is 13.8 Å². The van der Waals surface area contributed by atoms with E-state index in [9.17, 15) is 8.42 Å². The van der Waals surface area contributed by atoms with Crippen LogP contribution in [-0.2, 0) is 10.2 Å². The Morgan fingerprint density at radius 3 is 2.75 bits per heavy atom. The topological polar surface area (TPSA) is 85.7 Å². The van der Waals surface area contributed by atoms with E-state index in [4.69, 9.17) is 5.14 Å². The molecule has 0 spiro atoms. The van der Waals surface area contributed by atoms with Crippen molar-refractivity contribution in [2.45, 2.75) is 38.8 Å². The molecule has 0 amide bonds. The summed E-state index contributed by atoms with van der Waals surface area (Å²) in [7, 11) is -1.71. The van der Waals surface area contributed by atoms with Gasteiger partial charge in [0.1, 0.15) is 0 Å². The zero-order chi connectivity index (χ0) is 14.9. The molecule has 0 saturated carbocycles. The van der Waals surface area contributed by atoms with Crippen LogP contribution in [0.2, 0.25) is 0 Å². The van der Waals surface area contributed by atoms with Crippen LogP contribution in [0.1, 0.15) is 32.7 Å². The fourth-order valence-corrected chi connectivity index (χ4v) is 3.72. The molecule has 7 nitrogen and oxygen atoms in total. The average Bonchev–Trinajstić information content (AvgIpc) is 2.76. The van der Waals surface area contributed by atoms with Crippen LogP contribution in [-0.4, -0.2) is 44.4 Å². The summed E-state index contributed by atoms with van der Waals surface area (Å²) in [5, 5.41) is 9.64. The number of nitrogens with zero attached hydrogens (tertiary/aromatic N) is 3. The van der Waals surface area contributed by atoms with Gasteiger partial charge in [-0.1, -0.05) is 0 Å². The number of piperidine rings is 1. The fraction of sp³-hybridized carbons (Fsp3) is 0.750. The Bertz CT molecular complexity index is 554. The van der Waals surface area contributed by atoms with Crippen molar-refractivity contribution in [1.82, 2.24) is 9.78 Å². The maximum Gasteiger partial charge on any atom is 0.299 e. The number of hydrogen-bond donors (Lipinski definition) is 2. The zero-order valence-electron chi connectivity index (χ0n) is 12.3. The van der Waals surface area contributed by atoms with E-state index in [1.54, 1.807) is 17.1 Å². The summed E-state index contributed by atoms with van der Waals surface area (Å²) in [4.78, 5) is 1.33. The normalized spacial score (nSPS) is 24.1. The molecular formula is C12H24N5O2S+. The molecule has 0 aliphatic carbocycles. The zero-order valence-corrected chi connectivity index (χ0v) is 13.1. The van der Waals surface area contributed by atoms with Crippen LogP contribution in [0.5, 0.6) is 0 Å². The summed E-state index contributed by atoms with van der Waals surface area (Å²) in [6.07, 6.45) is 5.16. The fourth-order valence-electron chi connectivity index (χ4n) is 2.74. The van der Waals surface area contributed by atoms with Crippen LogP contribution in [0.15, 0.2) is 12.4 Å². The number of quaternary nitrogens is 1. The lowest BCUT2D eigenvalue weighted by atomic mass is 10.1. The van der Waals surface area contributed by atoms with Crippen LogP contribution >= 0.6 is 0 Å². The predicted molar refractivity (Wildman–Crippen MR) is 77.8 cm³/mol. The summed E-state index contributed by atoms with van der Waals surface area (Å²) in [5.41, 5.74) is 0.556. The first-order valence-electron chi connectivity index (χ1n) is 6.96. The summed E-state index contributed by atoms with van der Waals surface area (Å²) in [5.74, 6) is 0. The van der Waals surface area contributed by atoms with E-state index in [-0.39, 0.29) is 12.1 Å². The van der Waals surface area contributed by atoms with Gasteiger partial charge in [-0.3, -0.25) is 4.68 Å².